The number of hydrogen-bond acceptors (Lipinski definition) is 3. The third kappa shape index (κ3) is 2.38. The first kappa shape index (κ1) is 13.0. The van der Waals surface area contributed by atoms with Gasteiger partial charge in [0.15, 0.2) is 0 Å². The van der Waals surface area contributed by atoms with Crippen LogP contribution < -0.4 is 11.3 Å². The molecule has 2 nitrogen and oxygen atoms in total. The van der Waals surface area contributed by atoms with E-state index in [1.165, 1.54) is 0 Å². The molecule has 1 heterocycles. The van der Waals surface area contributed by atoms with Gasteiger partial charge in [0, 0.05) is 17.5 Å². The van der Waals surface area contributed by atoms with Gasteiger partial charge in [-0.05, 0) is 34.7 Å². The first-order valence-corrected chi connectivity index (χ1v) is 7.29. The average Bonchev–Trinajstić information content (AvgIpc) is 2.97. The van der Waals surface area contributed by atoms with Crippen LogP contribution in [0.4, 0.5) is 8.78 Å². The molecule has 2 aromatic rings. The molecule has 1 fully saturated rings. The molecular formula is C14H16F2N2S. The van der Waals surface area contributed by atoms with Gasteiger partial charge >= 0.3 is 0 Å². The molecule has 0 spiro atoms. The zero-order chi connectivity index (χ0) is 13.5. The van der Waals surface area contributed by atoms with Gasteiger partial charge in [0.1, 0.15) is 0 Å². The summed E-state index contributed by atoms with van der Waals surface area (Å²) in [6.45, 7) is 0. The van der Waals surface area contributed by atoms with Crippen molar-refractivity contribution in [3.05, 3.63) is 35.2 Å². The highest BCUT2D eigenvalue weighted by Crippen LogP contribution is 2.45. The third-order valence-electron chi connectivity index (χ3n) is 3.94. The number of hydrogen-bond donors (Lipinski definition) is 2. The Morgan fingerprint density at radius 2 is 2.21 bits per heavy atom. The van der Waals surface area contributed by atoms with Gasteiger partial charge in [0.2, 0.25) is 5.92 Å². The first-order chi connectivity index (χ1) is 9.11. The Kier molecular flexibility index (Phi) is 3.28. The van der Waals surface area contributed by atoms with Crippen molar-refractivity contribution in [3.8, 4) is 0 Å². The van der Waals surface area contributed by atoms with Crippen LogP contribution in [0.1, 0.15) is 30.9 Å². The lowest BCUT2D eigenvalue weighted by Crippen LogP contribution is -2.33. The number of nitrogens with two attached hydrogens (primary N) is 1. The minimum Gasteiger partial charge on any atom is -0.271 e. The fourth-order valence-corrected chi connectivity index (χ4v) is 3.96. The number of nitrogens with one attached hydrogen (secondary N) is 1. The zero-order valence-electron chi connectivity index (χ0n) is 10.4. The quantitative estimate of drug-likeness (QED) is 0.663. The van der Waals surface area contributed by atoms with E-state index < -0.39 is 5.92 Å². The lowest BCUT2D eigenvalue weighted by molar-refractivity contribution is 0.00330. The molecule has 0 radical (unpaired) electrons. The second-order valence-electron chi connectivity index (χ2n) is 5.19. The maximum atomic E-state index is 13.4. The SMILES string of the molecule is NNC(c1cccc2ccsc12)C1CCC(F)(F)C1. The predicted octanol–water partition coefficient (Wildman–Crippen LogP) is 3.84. The van der Waals surface area contributed by atoms with E-state index in [0.29, 0.717) is 6.42 Å². The maximum absolute atomic E-state index is 13.4. The minimum atomic E-state index is -2.54. The average molecular weight is 282 g/mol. The van der Waals surface area contributed by atoms with Crippen LogP contribution in [0.2, 0.25) is 0 Å². The van der Waals surface area contributed by atoms with E-state index in [1.54, 1.807) is 11.3 Å². The van der Waals surface area contributed by atoms with Crippen molar-refractivity contribution in [2.75, 3.05) is 0 Å². The van der Waals surface area contributed by atoms with Gasteiger partial charge in [-0.15, -0.1) is 11.3 Å². The Labute approximate surface area is 114 Å². The summed E-state index contributed by atoms with van der Waals surface area (Å²) in [5, 5.41) is 3.16. The maximum Gasteiger partial charge on any atom is 0.248 e. The Morgan fingerprint density at radius 1 is 1.37 bits per heavy atom. The smallest absolute Gasteiger partial charge is 0.248 e. The lowest BCUT2D eigenvalue weighted by atomic mass is 9.91. The van der Waals surface area contributed by atoms with E-state index in [1.807, 2.05) is 29.6 Å². The van der Waals surface area contributed by atoms with Crippen LogP contribution in [-0.4, -0.2) is 5.92 Å². The summed E-state index contributed by atoms with van der Waals surface area (Å²) >= 11 is 1.63. The van der Waals surface area contributed by atoms with Crippen LogP contribution in [-0.2, 0) is 0 Å². The number of hydrazine groups is 1. The fraction of sp³-hybridized carbons (Fsp3) is 0.429. The summed E-state index contributed by atoms with van der Waals surface area (Å²) in [5.74, 6) is 3.00. The highest BCUT2D eigenvalue weighted by Gasteiger charge is 2.42. The largest absolute Gasteiger partial charge is 0.271 e. The van der Waals surface area contributed by atoms with Crippen LogP contribution in [0.5, 0.6) is 0 Å². The highest BCUT2D eigenvalue weighted by molar-refractivity contribution is 7.17. The summed E-state index contributed by atoms with van der Waals surface area (Å²) in [6, 6.07) is 7.82. The van der Waals surface area contributed by atoms with E-state index in [0.717, 1.165) is 15.6 Å². The molecule has 1 aliphatic rings. The molecule has 0 saturated heterocycles. The number of benzene rings is 1. The van der Waals surface area contributed by atoms with Crippen molar-refractivity contribution < 1.29 is 8.78 Å². The van der Waals surface area contributed by atoms with Gasteiger partial charge in [-0.25, -0.2) is 8.78 Å². The fourth-order valence-electron chi connectivity index (χ4n) is 3.01. The molecule has 0 aliphatic heterocycles. The summed E-state index contributed by atoms with van der Waals surface area (Å²) in [5.41, 5.74) is 3.79. The second kappa shape index (κ2) is 4.81. The number of fused-ring (bicyclic) bond motifs is 1. The van der Waals surface area contributed by atoms with Crippen LogP contribution in [0.3, 0.4) is 0 Å². The van der Waals surface area contributed by atoms with Crippen molar-refractivity contribution in [1.29, 1.82) is 0 Å². The van der Waals surface area contributed by atoms with E-state index in [-0.39, 0.29) is 24.8 Å². The second-order valence-corrected chi connectivity index (χ2v) is 6.11. The minimum absolute atomic E-state index is 0.0315. The van der Waals surface area contributed by atoms with Gasteiger partial charge in [-0.2, -0.15) is 0 Å². The van der Waals surface area contributed by atoms with Crippen LogP contribution in [0.25, 0.3) is 10.1 Å². The standard InChI is InChI=1S/C14H16F2N2S/c15-14(16)6-4-10(8-14)12(18-17)11-3-1-2-9-5-7-19-13(9)11/h1-3,5,7,10,12,18H,4,6,8,17H2. The van der Waals surface area contributed by atoms with Gasteiger partial charge in [-0.1, -0.05) is 18.2 Å². The summed E-state index contributed by atoms with van der Waals surface area (Å²) < 4.78 is 27.9. The van der Waals surface area contributed by atoms with Crippen LogP contribution >= 0.6 is 11.3 Å². The first-order valence-electron chi connectivity index (χ1n) is 6.41. The van der Waals surface area contributed by atoms with Crippen LogP contribution in [0.15, 0.2) is 29.6 Å². The molecule has 2 atom stereocenters. The molecule has 1 saturated carbocycles. The zero-order valence-corrected chi connectivity index (χ0v) is 11.2. The Balaban J connectivity index is 1.96. The molecule has 3 rings (SSSR count). The lowest BCUT2D eigenvalue weighted by Gasteiger charge is -2.23. The van der Waals surface area contributed by atoms with Gasteiger partial charge < -0.3 is 0 Å². The van der Waals surface area contributed by atoms with E-state index in [2.05, 4.69) is 5.43 Å². The highest BCUT2D eigenvalue weighted by atomic mass is 32.1. The van der Waals surface area contributed by atoms with E-state index >= 15 is 0 Å². The molecule has 19 heavy (non-hydrogen) atoms. The molecule has 0 amide bonds. The van der Waals surface area contributed by atoms with Crippen LogP contribution in [0, 0.1) is 5.92 Å². The molecular weight excluding hydrogens is 266 g/mol. The predicted molar refractivity (Wildman–Crippen MR) is 74.2 cm³/mol. The Hall–Kier alpha value is -1.04. The molecule has 5 heteroatoms. The summed E-state index contributed by atoms with van der Waals surface area (Å²) in [6.07, 6.45) is 0.406. The molecule has 1 aliphatic carbocycles. The normalized spacial score (nSPS) is 23.8. The number of alkyl halides is 2. The van der Waals surface area contributed by atoms with E-state index in [4.69, 9.17) is 5.84 Å². The van der Waals surface area contributed by atoms with Crippen molar-refractivity contribution >= 4 is 21.4 Å². The van der Waals surface area contributed by atoms with Crippen molar-refractivity contribution in [3.63, 3.8) is 0 Å². The number of rotatable bonds is 3. The molecule has 1 aromatic heterocycles. The van der Waals surface area contributed by atoms with Crippen molar-refractivity contribution in [2.24, 2.45) is 11.8 Å². The number of thiophene rings is 1. The Morgan fingerprint density at radius 3 is 2.89 bits per heavy atom. The molecule has 0 bridgehead atoms. The summed E-state index contributed by atoms with van der Waals surface area (Å²) in [4.78, 5) is 0. The molecule has 102 valence electrons. The van der Waals surface area contributed by atoms with Crippen molar-refractivity contribution in [2.45, 2.75) is 31.2 Å². The van der Waals surface area contributed by atoms with Gasteiger partial charge in [-0.3, -0.25) is 11.3 Å². The van der Waals surface area contributed by atoms with Gasteiger partial charge in [0.05, 0.1) is 6.04 Å². The van der Waals surface area contributed by atoms with Gasteiger partial charge in [0.25, 0.3) is 0 Å². The monoisotopic (exact) mass is 282 g/mol. The number of halogens is 2. The van der Waals surface area contributed by atoms with Crippen molar-refractivity contribution in [1.82, 2.24) is 5.43 Å². The Bertz CT molecular complexity index is 582. The third-order valence-corrected chi connectivity index (χ3v) is 4.92. The van der Waals surface area contributed by atoms with E-state index in [9.17, 15) is 8.78 Å². The molecule has 2 unspecified atom stereocenters. The molecule has 3 N–H and O–H groups in total. The topological polar surface area (TPSA) is 38.0 Å². The summed E-state index contributed by atoms with van der Waals surface area (Å²) in [7, 11) is 0. The molecule has 1 aromatic carbocycles.